The molecule has 25 heavy (non-hydrogen) atoms. The Kier molecular flexibility index (Phi) is 4.20. The van der Waals surface area contributed by atoms with Gasteiger partial charge in [-0.25, -0.2) is 0 Å². The fraction of sp³-hybridized carbons (Fsp3) is 0.474. The van der Waals surface area contributed by atoms with Crippen LogP contribution in [0.1, 0.15) is 19.8 Å². The van der Waals surface area contributed by atoms with Crippen molar-refractivity contribution in [2.75, 3.05) is 18.1 Å². The van der Waals surface area contributed by atoms with Crippen LogP contribution in [-0.2, 0) is 19.1 Å². The molecule has 0 aromatic heterocycles. The number of benzene rings is 1. The van der Waals surface area contributed by atoms with E-state index in [-0.39, 0.29) is 18.0 Å². The van der Waals surface area contributed by atoms with Gasteiger partial charge in [-0.3, -0.25) is 9.59 Å². The molecule has 0 aliphatic carbocycles. The lowest BCUT2D eigenvalue weighted by Crippen LogP contribution is -2.40. The van der Waals surface area contributed by atoms with Crippen LogP contribution in [0.5, 0.6) is 0 Å². The van der Waals surface area contributed by atoms with Crippen LogP contribution in [0.2, 0.25) is 0 Å². The molecule has 3 aliphatic rings. The molecule has 4 unspecified atom stereocenters. The Bertz CT molecular complexity index is 731. The first-order valence-corrected chi connectivity index (χ1v) is 9.46. The van der Waals surface area contributed by atoms with E-state index in [0.29, 0.717) is 13.2 Å². The number of nitrogens with zero attached hydrogens (tertiary/aromatic N) is 1. The number of hydrogen-bond donors (Lipinski definition) is 0. The van der Waals surface area contributed by atoms with E-state index in [9.17, 15) is 9.59 Å². The molecule has 4 rings (SSSR count). The number of fused-ring (bicyclic) bond motifs is 1. The second-order valence-electron chi connectivity index (χ2n) is 6.82. The fourth-order valence-corrected chi connectivity index (χ4v) is 4.28. The average molecular weight is 406 g/mol. The quantitative estimate of drug-likeness (QED) is 0.429. The number of anilines is 1. The van der Waals surface area contributed by atoms with E-state index < -0.39 is 17.4 Å². The lowest BCUT2D eigenvalue weighted by Gasteiger charge is -2.22. The summed E-state index contributed by atoms with van der Waals surface area (Å²) in [5.41, 5.74) is 0.110. The molecule has 0 saturated carbocycles. The highest BCUT2D eigenvalue weighted by molar-refractivity contribution is 9.10. The summed E-state index contributed by atoms with van der Waals surface area (Å²) < 4.78 is 12.4. The van der Waals surface area contributed by atoms with Gasteiger partial charge in [-0.05, 0) is 30.7 Å². The Morgan fingerprint density at radius 3 is 2.88 bits per heavy atom. The molecular weight excluding hydrogens is 386 g/mol. The molecule has 4 atom stereocenters. The van der Waals surface area contributed by atoms with Crippen LogP contribution in [-0.4, -0.2) is 36.7 Å². The van der Waals surface area contributed by atoms with Gasteiger partial charge in [-0.2, -0.15) is 0 Å². The molecule has 0 N–H and O–H groups in total. The minimum Gasteiger partial charge on any atom is -0.465 e. The standard InChI is InChI=1S/C19H20BrNO4/c1-2-3-10-24-18(23)15-14-8-9-19(25-14)11-21(17(22)16(15)19)13-6-4-12(20)5-7-13/h4-9,14-16H,2-3,10-11H2,1H3. The second kappa shape index (κ2) is 6.25. The molecule has 132 valence electrons. The van der Waals surface area contributed by atoms with Crippen molar-refractivity contribution in [3.63, 3.8) is 0 Å². The third kappa shape index (κ3) is 2.62. The number of unbranched alkanes of at least 4 members (excludes halogenated alkanes) is 1. The Labute approximate surface area is 155 Å². The summed E-state index contributed by atoms with van der Waals surface area (Å²) >= 11 is 3.41. The van der Waals surface area contributed by atoms with Crippen molar-refractivity contribution in [3.05, 3.63) is 40.9 Å². The average Bonchev–Trinajstić information content (AvgIpc) is 3.24. The maximum atomic E-state index is 13.1. The molecule has 3 heterocycles. The summed E-state index contributed by atoms with van der Waals surface area (Å²) in [4.78, 5) is 27.4. The molecule has 1 amide bonds. The predicted molar refractivity (Wildman–Crippen MR) is 96.1 cm³/mol. The molecule has 5 nitrogen and oxygen atoms in total. The van der Waals surface area contributed by atoms with E-state index >= 15 is 0 Å². The molecule has 1 aromatic carbocycles. The van der Waals surface area contributed by atoms with Gasteiger partial charge in [0.15, 0.2) is 0 Å². The number of ether oxygens (including phenoxy) is 2. The van der Waals surface area contributed by atoms with Crippen molar-refractivity contribution in [2.45, 2.75) is 31.5 Å². The van der Waals surface area contributed by atoms with Gasteiger partial charge in [0.25, 0.3) is 0 Å². The van der Waals surface area contributed by atoms with E-state index in [0.717, 1.165) is 23.0 Å². The zero-order valence-electron chi connectivity index (χ0n) is 14.0. The van der Waals surface area contributed by atoms with E-state index in [2.05, 4.69) is 15.9 Å². The summed E-state index contributed by atoms with van der Waals surface area (Å²) in [7, 11) is 0. The van der Waals surface area contributed by atoms with Gasteiger partial charge < -0.3 is 14.4 Å². The number of rotatable bonds is 5. The monoisotopic (exact) mass is 405 g/mol. The number of esters is 1. The molecule has 3 aliphatic heterocycles. The van der Waals surface area contributed by atoms with Crippen LogP contribution >= 0.6 is 15.9 Å². The van der Waals surface area contributed by atoms with Gasteiger partial charge in [0, 0.05) is 10.2 Å². The Morgan fingerprint density at radius 2 is 2.16 bits per heavy atom. The van der Waals surface area contributed by atoms with Gasteiger partial charge in [-0.15, -0.1) is 0 Å². The van der Waals surface area contributed by atoms with Crippen molar-refractivity contribution in [3.8, 4) is 0 Å². The van der Waals surface area contributed by atoms with Crippen LogP contribution in [0.25, 0.3) is 0 Å². The van der Waals surface area contributed by atoms with Crippen molar-refractivity contribution < 1.29 is 19.1 Å². The Balaban J connectivity index is 1.59. The molecule has 2 bridgehead atoms. The molecule has 1 spiro atoms. The summed E-state index contributed by atoms with van der Waals surface area (Å²) in [5.74, 6) is -1.43. The SMILES string of the molecule is CCCCOC(=O)C1C2C=CC3(CN(c4ccc(Br)cc4)C(=O)C13)O2. The molecular formula is C19H20BrNO4. The number of carbonyl (C=O) groups is 2. The zero-order valence-corrected chi connectivity index (χ0v) is 15.6. The van der Waals surface area contributed by atoms with Crippen molar-refractivity contribution in [1.29, 1.82) is 0 Å². The number of hydrogen-bond acceptors (Lipinski definition) is 4. The highest BCUT2D eigenvalue weighted by atomic mass is 79.9. The summed E-state index contributed by atoms with van der Waals surface area (Å²) in [6.07, 6.45) is 5.29. The third-order valence-corrected chi connectivity index (χ3v) is 5.78. The van der Waals surface area contributed by atoms with Crippen LogP contribution in [0.4, 0.5) is 5.69 Å². The van der Waals surface area contributed by atoms with Gasteiger partial charge in [-0.1, -0.05) is 41.4 Å². The highest BCUT2D eigenvalue weighted by Crippen LogP contribution is 2.52. The summed E-state index contributed by atoms with van der Waals surface area (Å²) in [6, 6.07) is 7.59. The largest absolute Gasteiger partial charge is 0.465 e. The Morgan fingerprint density at radius 1 is 1.40 bits per heavy atom. The van der Waals surface area contributed by atoms with Crippen LogP contribution in [0.15, 0.2) is 40.9 Å². The first-order valence-electron chi connectivity index (χ1n) is 8.66. The van der Waals surface area contributed by atoms with Gasteiger partial charge in [0.2, 0.25) is 5.91 Å². The van der Waals surface area contributed by atoms with Gasteiger partial charge in [0.05, 0.1) is 25.2 Å². The number of amides is 1. The summed E-state index contributed by atoms with van der Waals surface area (Å²) in [5, 5.41) is 0. The smallest absolute Gasteiger partial charge is 0.312 e. The van der Waals surface area contributed by atoms with Gasteiger partial charge >= 0.3 is 5.97 Å². The molecule has 2 fully saturated rings. The topological polar surface area (TPSA) is 55.8 Å². The Hall–Kier alpha value is -1.66. The fourth-order valence-electron chi connectivity index (χ4n) is 4.02. The minimum atomic E-state index is -0.705. The van der Waals surface area contributed by atoms with Crippen LogP contribution in [0, 0.1) is 11.8 Å². The molecule has 1 aromatic rings. The van der Waals surface area contributed by atoms with Crippen LogP contribution < -0.4 is 4.90 Å². The van der Waals surface area contributed by atoms with Crippen molar-refractivity contribution in [1.82, 2.24) is 0 Å². The van der Waals surface area contributed by atoms with E-state index in [1.807, 2.05) is 43.3 Å². The van der Waals surface area contributed by atoms with E-state index in [1.54, 1.807) is 4.90 Å². The van der Waals surface area contributed by atoms with Crippen molar-refractivity contribution in [2.24, 2.45) is 11.8 Å². The first kappa shape index (κ1) is 16.8. The maximum Gasteiger partial charge on any atom is 0.312 e. The zero-order chi connectivity index (χ0) is 17.6. The molecule has 2 saturated heterocycles. The normalized spacial score (nSPS) is 32.3. The molecule has 0 radical (unpaired) electrons. The van der Waals surface area contributed by atoms with Gasteiger partial charge in [0.1, 0.15) is 11.5 Å². The summed E-state index contributed by atoms with van der Waals surface area (Å²) in [6.45, 7) is 2.87. The lowest BCUT2D eigenvalue weighted by molar-refractivity contribution is -0.152. The van der Waals surface area contributed by atoms with E-state index in [4.69, 9.17) is 9.47 Å². The number of carbonyl (C=O) groups excluding carboxylic acids is 2. The minimum absolute atomic E-state index is 0.0633. The maximum absolute atomic E-state index is 13.1. The second-order valence-corrected chi connectivity index (χ2v) is 7.74. The highest BCUT2D eigenvalue weighted by Gasteiger charge is 2.67. The van der Waals surface area contributed by atoms with Crippen molar-refractivity contribution >= 4 is 33.5 Å². The molecule has 6 heteroatoms. The lowest BCUT2D eigenvalue weighted by atomic mass is 9.77. The predicted octanol–water partition coefficient (Wildman–Crippen LogP) is 3.08. The third-order valence-electron chi connectivity index (χ3n) is 5.25. The number of halogens is 1. The van der Waals surface area contributed by atoms with E-state index in [1.165, 1.54) is 0 Å². The van der Waals surface area contributed by atoms with Crippen LogP contribution in [0.3, 0.4) is 0 Å². The first-order chi connectivity index (χ1) is 12.1.